The first-order valence-corrected chi connectivity index (χ1v) is 8.20. The average Bonchev–Trinajstić information content (AvgIpc) is 2.60. The van der Waals surface area contributed by atoms with E-state index >= 15 is 0 Å². The molecule has 0 saturated carbocycles. The third-order valence-corrected chi connectivity index (χ3v) is 3.70. The molecule has 3 N–H and O–H groups in total. The number of nitrogens with zero attached hydrogens (tertiary/aromatic N) is 1. The summed E-state index contributed by atoms with van der Waals surface area (Å²) < 4.78 is 26.2. The highest BCUT2D eigenvalue weighted by Gasteiger charge is 2.08. The highest BCUT2D eigenvalue weighted by Crippen LogP contribution is 2.12. The summed E-state index contributed by atoms with van der Waals surface area (Å²) in [5.41, 5.74) is 2.10. The molecule has 0 fully saturated rings. The van der Waals surface area contributed by atoms with Crippen molar-refractivity contribution in [2.24, 2.45) is 4.99 Å². The van der Waals surface area contributed by atoms with E-state index in [1.54, 1.807) is 31.2 Å². The van der Waals surface area contributed by atoms with E-state index < -0.39 is 6.10 Å². The van der Waals surface area contributed by atoms with E-state index in [4.69, 9.17) is 0 Å². The molecular weight excluding hydrogens is 451 g/mol. The van der Waals surface area contributed by atoms with E-state index in [2.05, 4.69) is 15.6 Å². The van der Waals surface area contributed by atoms with Crippen molar-refractivity contribution in [1.82, 2.24) is 10.6 Å². The third kappa shape index (κ3) is 6.87. The number of aliphatic hydroxyl groups is 1. The summed E-state index contributed by atoms with van der Waals surface area (Å²) >= 11 is 0. The number of nitrogens with one attached hydrogen (secondary N) is 2. The number of guanidine groups is 1. The number of rotatable bonds is 6. The molecule has 0 aromatic heterocycles. The molecule has 0 saturated heterocycles. The predicted octanol–water partition coefficient (Wildman–Crippen LogP) is 3.68. The summed E-state index contributed by atoms with van der Waals surface area (Å²) in [5.74, 6) is -0.0285. The molecule has 4 nitrogen and oxygen atoms in total. The van der Waals surface area contributed by atoms with Crippen molar-refractivity contribution >= 4 is 29.9 Å². The van der Waals surface area contributed by atoms with Crippen molar-refractivity contribution in [3.8, 4) is 0 Å². The summed E-state index contributed by atoms with van der Waals surface area (Å²) in [6.07, 6.45) is -0.780. The van der Waals surface area contributed by atoms with Crippen LogP contribution in [0.1, 0.15) is 29.7 Å². The number of aryl methyl sites for hydroxylation is 1. The Morgan fingerprint density at radius 1 is 1.12 bits per heavy atom. The summed E-state index contributed by atoms with van der Waals surface area (Å²) in [5, 5.41) is 16.3. The minimum Gasteiger partial charge on any atom is -0.387 e. The molecule has 0 bridgehead atoms. The Labute approximate surface area is 169 Å². The van der Waals surface area contributed by atoms with Crippen molar-refractivity contribution in [3.05, 3.63) is 70.8 Å². The minimum absolute atomic E-state index is 0. The van der Waals surface area contributed by atoms with Crippen LogP contribution in [0.2, 0.25) is 0 Å². The molecule has 2 aromatic carbocycles. The standard InChI is InChI=1S/C19H23F2N3O.HI/c1-3-22-19(23-11-14-4-9-17(21)13(2)10-14)24-12-18(25)15-5-7-16(20)8-6-15;/h4-10,18,25H,3,11-12H2,1-2H3,(H2,22,23,24);1H. The smallest absolute Gasteiger partial charge is 0.191 e. The second kappa shape index (κ2) is 11.1. The van der Waals surface area contributed by atoms with Gasteiger partial charge in [-0.05, 0) is 48.7 Å². The summed E-state index contributed by atoms with van der Waals surface area (Å²) in [6, 6.07) is 10.6. The van der Waals surface area contributed by atoms with Gasteiger partial charge in [-0.25, -0.2) is 13.8 Å². The number of aliphatic hydroxyl groups excluding tert-OH is 1. The molecule has 0 amide bonds. The Morgan fingerprint density at radius 2 is 1.81 bits per heavy atom. The van der Waals surface area contributed by atoms with Gasteiger partial charge in [0, 0.05) is 13.1 Å². The Hall–Kier alpha value is -1.74. The summed E-state index contributed by atoms with van der Waals surface area (Å²) in [4.78, 5) is 4.44. The van der Waals surface area contributed by atoms with Crippen LogP contribution in [0, 0.1) is 18.6 Å². The van der Waals surface area contributed by atoms with Crippen molar-refractivity contribution in [3.63, 3.8) is 0 Å². The second-order valence-electron chi connectivity index (χ2n) is 5.73. The van der Waals surface area contributed by atoms with Crippen LogP contribution in [0.3, 0.4) is 0 Å². The number of hydrogen-bond donors (Lipinski definition) is 3. The maximum Gasteiger partial charge on any atom is 0.191 e. The van der Waals surface area contributed by atoms with Gasteiger partial charge < -0.3 is 15.7 Å². The Kier molecular flexibility index (Phi) is 9.50. The number of aliphatic imine (C=N–C) groups is 1. The quantitative estimate of drug-likeness (QED) is 0.340. The number of benzene rings is 2. The molecule has 0 aliphatic heterocycles. The molecule has 0 spiro atoms. The normalized spacial score (nSPS) is 12.3. The molecule has 0 aliphatic rings. The van der Waals surface area contributed by atoms with Gasteiger partial charge in [0.25, 0.3) is 0 Å². The molecule has 0 radical (unpaired) electrons. The van der Waals surface area contributed by atoms with E-state index in [1.165, 1.54) is 18.2 Å². The van der Waals surface area contributed by atoms with Crippen LogP contribution in [-0.4, -0.2) is 24.2 Å². The molecule has 1 unspecified atom stereocenters. The lowest BCUT2D eigenvalue weighted by Crippen LogP contribution is -2.39. The Morgan fingerprint density at radius 3 is 2.42 bits per heavy atom. The molecule has 26 heavy (non-hydrogen) atoms. The van der Waals surface area contributed by atoms with Crippen LogP contribution in [0.25, 0.3) is 0 Å². The average molecular weight is 475 g/mol. The summed E-state index contributed by atoms with van der Waals surface area (Å²) in [6.45, 7) is 4.95. The van der Waals surface area contributed by atoms with Gasteiger partial charge in [0.2, 0.25) is 0 Å². The fraction of sp³-hybridized carbons (Fsp3) is 0.316. The highest BCUT2D eigenvalue weighted by molar-refractivity contribution is 14.0. The van der Waals surface area contributed by atoms with Gasteiger partial charge in [-0.3, -0.25) is 0 Å². The largest absolute Gasteiger partial charge is 0.387 e. The molecule has 0 aliphatic carbocycles. The van der Waals surface area contributed by atoms with Crippen molar-refractivity contribution in [2.75, 3.05) is 13.1 Å². The minimum atomic E-state index is -0.780. The van der Waals surface area contributed by atoms with Crippen LogP contribution in [0.4, 0.5) is 8.78 Å². The maximum atomic E-state index is 13.3. The monoisotopic (exact) mass is 475 g/mol. The predicted molar refractivity (Wildman–Crippen MR) is 111 cm³/mol. The maximum absolute atomic E-state index is 13.3. The van der Waals surface area contributed by atoms with E-state index in [-0.39, 0.29) is 42.2 Å². The van der Waals surface area contributed by atoms with Crippen molar-refractivity contribution in [2.45, 2.75) is 26.5 Å². The first-order chi connectivity index (χ1) is 12.0. The zero-order chi connectivity index (χ0) is 18.2. The van der Waals surface area contributed by atoms with Gasteiger partial charge in [-0.15, -0.1) is 24.0 Å². The first-order valence-electron chi connectivity index (χ1n) is 8.20. The van der Waals surface area contributed by atoms with E-state index in [9.17, 15) is 13.9 Å². The van der Waals surface area contributed by atoms with Crippen molar-refractivity contribution in [1.29, 1.82) is 0 Å². The first kappa shape index (κ1) is 22.3. The third-order valence-electron chi connectivity index (χ3n) is 3.70. The highest BCUT2D eigenvalue weighted by atomic mass is 127. The molecule has 1 atom stereocenters. The van der Waals surface area contributed by atoms with Gasteiger partial charge in [0.15, 0.2) is 5.96 Å². The lowest BCUT2D eigenvalue weighted by Gasteiger charge is -2.15. The van der Waals surface area contributed by atoms with Crippen molar-refractivity contribution < 1.29 is 13.9 Å². The molecule has 142 valence electrons. The fourth-order valence-electron chi connectivity index (χ4n) is 2.31. The number of halogens is 3. The summed E-state index contributed by atoms with van der Waals surface area (Å²) in [7, 11) is 0. The van der Waals surface area contributed by atoms with E-state index in [0.717, 1.165) is 5.56 Å². The van der Waals surface area contributed by atoms with Crippen LogP contribution < -0.4 is 10.6 Å². The number of hydrogen-bond acceptors (Lipinski definition) is 2. The van der Waals surface area contributed by atoms with Gasteiger partial charge in [-0.2, -0.15) is 0 Å². The van der Waals surface area contributed by atoms with Gasteiger partial charge in [0.1, 0.15) is 11.6 Å². The van der Waals surface area contributed by atoms with Gasteiger partial charge in [-0.1, -0.05) is 24.3 Å². The SMILES string of the molecule is CCNC(=NCc1ccc(F)c(C)c1)NCC(O)c1ccc(F)cc1.I. The topological polar surface area (TPSA) is 56.7 Å². The Balaban J connectivity index is 0.00000338. The van der Waals surface area contributed by atoms with Crippen LogP contribution in [0.5, 0.6) is 0 Å². The Bertz CT molecular complexity index is 723. The van der Waals surface area contributed by atoms with Gasteiger partial charge >= 0.3 is 0 Å². The molecule has 2 aromatic rings. The lowest BCUT2D eigenvalue weighted by atomic mass is 10.1. The fourth-order valence-corrected chi connectivity index (χ4v) is 2.31. The van der Waals surface area contributed by atoms with Crippen LogP contribution in [0.15, 0.2) is 47.5 Å². The zero-order valence-corrected chi connectivity index (χ0v) is 17.1. The lowest BCUT2D eigenvalue weighted by molar-refractivity contribution is 0.180. The van der Waals surface area contributed by atoms with E-state index in [0.29, 0.717) is 30.2 Å². The molecular formula is C19H24F2IN3O. The molecule has 0 heterocycles. The van der Waals surface area contributed by atoms with Gasteiger partial charge in [0.05, 0.1) is 12.6 Å². The second-order valence-corrected chi connectivity index (χ2v) is 5.73. The molecule has 2 rings (SSSR count). The van der Waals surface area contributed by atoms with Crippen LogP contribution >= 0.6 is 24.0 Å². The zero-order valence-electron chi connectivity index (χ0n) is 14.8. The van der Waals surface area contributed by atoms with Crippen LogP contribution in [-0.2, 0) is 6.54 Å². The van der Waals surface area contributed by atoms with E-state index in [1.807, 2.05) is 6.92 Å². The molecule has 7 heteroatoms.